The van der Waals surface area contributed by atoms with Gasteiger partial charge < -0.3 is 9.84 Å². The van der Waals surface area contributed by atoms with Crippen LogP contribution in [0.2, 0.25) is 17.1 Å². The third-order valence-corrected chi connectivity index (χ3v) is 11.3. The van der Waals surface area contributed by atoms with Crippen molar-refractivity contribution >= 4 is 13.9 Å². The Morgan fingerprint density at radius 1 is 1.27 bits per heavy atom. The van der Waals surface area contributed by atoms with E-state index in [4.69, 9.17) is 4.74 Å². The van der Waals surface area contributed by atoms with Crippen molar-refractivity contribution in [1.82, 2.24) is 0 Å². The van der Waals surface area contributed by atoms with Crippen LogP contribution in [-0.2, 0) is 16.1 Å². The second kappa shape index (κ2) is 7.53. The molecule has 0 aromatic heterocycles. The van der Waals surface area contributed by atoms with Crippen molar-refractivity contribution in [3.05, 3.63) is 35.9 Å². The summed E-state index contributed by atoms with van der Waals surface area (Å²) in [5.74, 6) is 0.0717. The van der Waals surface area contributed by atoms with E-state index in [-0.39, 0.29) is 16.4 Å². The van der Waals surface area contributed by atoms with Crippen molar-refractivity contribution in [2.24, 2.45) is 0 Å². The zero-order valence-corrected chi connectivity index (χ0v) is 15.7. The summed E-state index contributed by atoms with van der Waals surface area (Å²) < 4.78 is 5.99. The zero-order valence-electron chi connectivity index (χ0n) is 14.7. The fraction of sp³-hybridized carbons (Fsp3) is 0.611. The van der Waals surface area contributed by atoms with E-state index in [9.17, 15) is 9.90 Å². The van der Waals surface area contributed by atoms with E-state index in [1.165, 1.54) is 0 Å². The molecule has 1 N–H and O–H groups in total. The molecule has 4 heteroatoms. The number of hydrogen-bond acceptors (Lipinski definition) is 3. The summed E-state index contributed by atoms with van der Waals surface area (Å²) in [6.45, 7) is 12.5. The molecule has 22 heavy (non-hydrogen) atoms. The van der Waals surface area contributed by atoms with Crippen molar-refractivity contribution in [2.75, 3.05) is 6.23 Å². The zero-order chi connectivity index (χ0) is 17.0. The minimum absolute atomic E-state index is 0.0307. The summed E-state index contributed by atoms with van der Waals surface area (Å²) in [4.78, 5) is 12.1. The molecule has 3 atom stereocenters. The Labute approximate surface area is 135 Å². The Morgan fingerprint density at radius 2 is 1.82 bits per heavy atom. The molecular weight excluding hydrogens is 292 g/mol. The minimum atomic E-state index is -2.18. The summed E-state index contributed by atoms with van der Waals surface area (Å²) in [6.07, 6.45) is -0.0608. The van der Waals surface area contributed by atoms with E-state index in [1.807, 2.05) is 30.3 Å². The van der Waals surface area contributed by atoms with E-state index in [0.29, 0.717) is 12.8 Å². The van der Waals surface area contributed by atoms with E-state index in [2.05, 4.69) is 27.3 Å². The molecule has 0 aliphatic rings. The van der Waals surface area contributed by atoms with Crippen LogP contribution in [0, 0.1) is 0 Å². The molecule has 0 bridgehead atoms. The predicted octanol–water partition coefficient (Wildman–Crippen LogP) is 3.96. The SMILES string of the molecule is CC(=O)[C@H]([C@H](C)O)[Si@](C)(COCc1ccccc1)C(C)(C)C. The number of carbonyl (C=O) groups is 1. The molecule has 0 saturated carbocycles. The number of aliphatic hydroxyl groups excluding tert-OH is 1. The highest BCUT2D eigenvalue weighted by Gasteiger charge is 2.50. The van der Waals surface area contributed by atoms with Crippen molar-refractivity contribution in [2.45, 2.75) is 64.5 Å². The van der Waals surface area contributed by atoms with E-state index < -0.39 is 14.2 Å². The predicted molar refractivity (Wildman–Crippen MR) is 93.5 cm³/mol. The van der Waals surface area contributed by atoms with Gasteiger partial charge in [0.15, 0.2) is 0 Å². The normalized spacial score (nSPS) is 17.6. The Bertz CT molecular complexity index is 479. The van der Waals surface area contributed by atoms with Crippen LogP contribution in [-0.4, -0.2) is 31.3 Å². The summed E-state index contributed by atoms with van der Waals surface area (Å²) in [6, 6.07) is 10.0. The fourth-order valence-electron chi connectivity index (χ4n) is 3.05. The van der Waals surface area contributed by atoms with Crippen LogP contribution in [0.4, 0.5) is 0 Å². The number of rotatable bonds is 7. The molecule has 0 amide bonds. The molecule has 0 aliphatic carbocycles. The quantitative estimate of drug-likeness (QED) is 0.773. The summed E-state index contributed by atoms with van der Waals surface area (Å²) in [5, 5.41) is 10.1. The maximum Gasteiger partial charge on any atom is 0.132 e. The molecule has 3 nitrogen and oxygen atoms in total. The smallest absolute Gasteiger partial charge is 0.132 e. The van der Waals surface area contributed by atoms with Crippen molar-refractivity contribution in [3.63, 3.8) is 0 Å². The Morgan fingerprint density at radius 3 is 2.23 bits per heavy atom. The second-order valence-electron chi connectivity index (χ2n) is 7.47. The molecule has 0 radical (unpaired) electrons. The number of hydrogen-bond donors (Lipinski definition) is 1. The second-order valence-corrected chi connectivity index (χ2v) is 12.7. The summed E-state index contributed by atoms with van der Waals surface area (Å²) in [7, 11) is -2.18. The number of ketones is 1. The Hall–Kier alpha value is -0.973. The van der Waals surface area contributed by atoms with Crippen LogP contribution in [0.3, 0.4) is 0 Å². The minimum Gasteiger partial charge on any atom is -0.393 e. The number of carbonyl (C=O) groups excluding carboxylic acids is 1. The number of ether oxygens (including phenoxy) is 1. The standard InChI is InChI=1S/C18H30O3Si/c1-14(19)17(15(2)20)22(6,18(3,4)5)13-21-12-16-10-8-7-9-11-16/h7-11,14,17,19H,12-13H2,1-6H3/t14-,17-,22-/m0/s1. The van der Waals surface area contributed by atoms with Crippen LogP contribution < -0.4 is 0 Å². The lowest BCUT2D eigenvalue weighted by molar-refractivity contribution is -0.118. The molecule has 0 fully saturated rings. The highest BCUT2D eigenvalue weighted by molar-refractivity contribution is 6.85. The van der Waals surface area contributed by atoms with Crippen molar-refractivity contribution < 1.29 is 14.6 Å². The highest BCUT2D eigenvalue weighted by Crippen LogP contribution is 2.45. The van der Waals surface area contributed by atoms with E-state index in [1.54, 1.807) is 13.8 Å². The molecule has 1 rings (SSSR count). The van der Waals surface area contributed by atoms with Gasteiger partial charge in [-0.3, -0.25) is 4.79 Å². The third kappa shape index (κ3) is 4.51. The van der Waals surface area contributed by atoms with Crippen LogP contribution in [0.1, 0.15) is 40.2 Å². The lowest BCUT2D eigenvalue weighted by Crippen LogP contribution is -2.55. The lowest BCUT2D eigenvalue weighted by atomic mass is 10.2. The summed E-state index contributed by atoms with van der Waals surface area (Å²) in [5.41, 5.74) is 0.826. The molecule has 0 spiro atoms. The van der Waals surface area contributed by atoms with Gasteiger partial charge >= 0.3 is 0 Å². The molecule has 0 saturated heterocycles. The first-order valence-electron chi connectivity index (χ1n) is 7.90. The van der Waals surface area contributed by atoms with Crippen LogP contribution in [0.5, 0.6) is 0 Å². The fourth-order valence-corrected chi connectivity index (χ4v) is 7.08. The van der Waals surface area contributed by atoms with Crippen LogP contribution >= 0.6 is 0 Å². The first kappa shape index (κ1) is 19.1. The first-order chi connectivity index (χ1) is 10.1. The molecule has 124 valence electrons. The summed E-state index contributed by atoms with van der Waals surface area (Å²) >= 11 is 0. The monoisotopic (exact) mass is 322 g/mol. The van der Waals surface area contributed by atoms with Gasteiger partial charge in [0.25, 0.3) is 0 Å². The van der Waals surface area contributed by atoms with Gasteiger partial charge in [-0.25, -0.2) is 0 Å². The topological polar surface area (TPSA) is 46.5 Å². The number of benzene rings is 1. The Balaban J connectivity index is 2.91. The van der Waals surface area contributed by atoms with Gasteiger partial charge in [0.2, 0.25) is 0 Å². The van der Waals surface area contributed by atoms with E-state index >= 15 is 0 Å². The van der Waals surface area contributed by atoms with Gasteiger partial charge in [0.05, 0.1) is 20.8 Å². The third-order valence-electron chi connectivity index (χ3n) is 4.83. The average molecular weight is 323 g/mol. The molecule has 0 unspecified atom stereocenters. The molecule has 0 heterocycles. The van der Waals surface area contributed by atoms with E-state index in [0.717, 1.165) is 5.56 Å². The molecule has 0 aliphatic heterocycles. The molecule has 1 aromatic carbocycles. The van der Waals surface area contributed by atoms with Crippen molar-refractivity contribution in [1.29, 1.82) is 0 Å². The lowest BCUT2D eigenvalue weighted by Gasteiger charge is -2.45. The maximum atomic E-state index is 12.1. The highest BCUT2D eigenvalue weighted by atomic mass is 28.3. The maximum absolute atomic E-state index is 12.1. The number of Topliss-reactive ketones (excluding diaryl/α,β-unsaturated/α-hetero) is 1. The first-order valence-corrected chi connectivity index (χ1v) is 10.7. The van der Waals surface area contributed by atoms with Crippen LogP contribution in [0.25, 0.3) is 0 Å². The molecular formula is C18H30O3Si. The Kier molecular flexibility index (Phi) is 6.53. The van der Waals surface area contributed by atoms with Gasteiger partial charge in [0, 0.05) is 11.8 Å². The van der Waals surface area contributed by atoms with Gasteiger partial charge in [-0.2, -0.15) is 0 Å². The van der Waals surface area contributed by atoms with Gasteiger partial charge in [-0.05, 0) is 24.4 Å². The van der Waals surface area contributed by atoms with Crippen molar-refractivity contribution in [3.8, 4) is 0 Å². The largest absolute Gasteiger partial charge is 0.393 e. The van der Waals surface area contributed by atoms with Crippen LogP contribution in [0.15, 0.2) is 30.3 Å². The average Bonchev–Trinajstić information content (AvgIpc) is 2.37. The van der Waals surface area contributed by atoms with Gasteiger partial charge in [-0.15, -0.1) is 0 Å². The number of aliphatic hydroxyl groups is 1. The van der Waals surface area contributed by atoms with Gasteiger partial charge in [0.1, 0.15) is 5.78 Å². The molecule has 1 aromatic rings. The van der Waals surface area contributed by atoms with Gasteiger partial charge in [-0.1, -0.05) is 57.7 Å².